The molecule has 1 N–H and O–H groups in total. The third-order valence-electron chi connectivity index (χ3n) is 3.44. The number of anilines is 1. The van der Waals surface area contributed by atoms with Crippen molar-refractivity contribution in [2.75, 3.05) is 4.72 Å². The molecule has 0 aliphatic carbocycles. The van der Waals surface area contributed by atoms with E-state index in [0.29, 0.717) is 12.1 Å². The van der Waals surface area contributed by atoms with Crippen molar-refractivity contribution in [2.45, 2.75) is 26.1 Å². The van der Waals surface area contributed by atoms with Crippen LogP contribution >= 0.6 is 11.6 Å². The second-order valence-electron chi connectivity index (χ2n) is 6.03. The number of aromatic nitrogens is 2. The van der Waals surface area contributed by atoms with Crippen LogP contribution in [0, 0.1) is 5.82 Å². The Hall–Kier alpha value is -2.38. The van der Waals surface area contributed by atoms with Gasteiger partial charge in [0.1, 0.15) is 11.5 Å². The van der Waals surface area contributed by atoms with E-state index in [-0.39, 0.29) is 15.2 Å². The van der Waals surface area contributed by atoms with E-state index in [1.807, 2.05) is 4.72 Å². The van der Waals surface area contributed by atoms with Gasteiger partial charge < -0.3 is 0 Å². The van der Waals surface area contributed by atoms with Gasteiger partial charge in [-0.3, -0.25) is 18.3 Å². The highest BCUT2D eigenvalue weighted by Gasteiger charge is 2.35. The van der Waals surface area contributed by atoms with Gasteiger partial charge in [-0.1, -0.05) is 11.6 Å². The molecule has 0 aliphatic rings. The van der Waals surface area contributed by atoms with Crippen LogP contribution in [0.15, 0.2) is 27.8 Å². The third kappa shape index (κ3) is 4.97. The van der Waals surface area contributed by atoms with Crippen LogP contribution in [-0.2, 0) is 27.7 Å². The summed E-state index contributed by atoms with van der Waals surface area (Å²) in [5.41, 5.74) is -5.79. The van der Waals surface area contributed by atoms with Crippen LogP contribution < -0.4 is 16.0 Å². The Balaban J connectivity index is 2.70. The largest absolute Gasteiger partial charge is 0.431 e. The zero-order chi connectivity index (χ0) is 22.3. The number of hydrogen-bond acceptors (Lipinski definition) is 5. The third-order valence-corrected chi connectivity index (χ3v) is 4.86. The van der Waals surface area contributed by atoms with Gasteiger partial charge in [-0.25, -0.2) is 13.8 Å². The van der Waals surface area contributed by atoms with Gasteiger partial charge in [0, 0.05) is 13.1 Å². The lowest BCUT2D eigenvalue weighted by molar-refractivity contribution is -0.144. The quantitative estimate of drug-likeness (QED) is 0.692. The van der Waals surface area contributed by atoms with Crippen LogP contribution in [-0.4, -0.2) is 23.7 Å². The normalized spacial score (nSPS) is 12.4. The lowest BCUT2D eigenvalue weighted by atomic mass is 10.2. The van der Waals surface area contributed by atoms with Crippen LogP contribution in [0.2, 0.25) is 5.02 Å². The minimum absolute atomic E-state index is 0.112. The maximum atomic E-state index is 14.4. The van der Waals surface area contributed by atoms with Crippen molar-refractivity contribution in [3.63, 3.8) is 0 Å². The van der Waals surface area contributed by atoms with Crippen molar-refractivity contribution < 1.29 is 30.2 Å². The Morgan fingerprint density at radius 2 is 1.76 bits per heavy atom. The summed E-state index contributed by atoms with van der Waals surface area (Å²) in [4.78, 5) is 24.4. The van der Waals surface area contributed by atoms with Gasteiger partial charge in [0.05, 0.1) is 22.5 Å². The first-order chi connectivity index (χ1) is 13.1. The summed E-state index contributed by atoms with van der Waals surface area (Å²) in [6.07, 6.45) is -5.75. The van der Waals surface area contributed by atoms with E-state index >= 15 is 0 Å². The zero-order valence-electron chi connectivity index (χ0n) is 15.0. The molecule has 0 spiro atoms. The number of halogens is 5. The van der Waals surface area contributed by atoms with Crippen molar-refractivity contribution in [3.05, 3.63) is 55.6 Å². The van der Waals surface area contributed by atoms with E-state index in [4.69, 9.17) is 11.6 Å². The van der Waals surface area contributed by atoms with Crippen LogP contribution in [0.4, 0.5) is 23.2 Å². The Labute approximate surface area is 166 Å². The van der Waals surface area contributed by atoms with Crippen molar-refractivity contribution in [1.29, 1.82) is 0 Å². The van der Waals surface area contributed by atoms with Gasteiger partial charge in [-0.2, -0.15) is 21.6 Å². The molecule has 1 aromatic carbocycles. The highest BCUT2D eigenvalue weighted by Crippen LogP contribution is 2.29. The predicted octanol–water partition coefficient (Wildman–Crippen LogP) is 2.43. The molecule has 0 amide bonds. The summed E-state index contributed by atoms with van der Waals surface area (Å²) in [7, 11) is -3.65. The van der Waals surface area contributed by atoms with Crippen LogP contribution in [0.25, 0.3) is 5.69 Å². The maximum absolute atomic E-state index is 14.4. The average Bonchev–Trinajstić information content (AvgIpc) is 2.52. The maximum Gasteiger partial charge on any atom is 0.431 e. The van der Waals surface area contributed by atoms with Gasteiger partial charge in [0.2, 0.25) is 0 Å². The number of nitrogens with zero attached hydrogens (tertiary/aromatic N) is 2. The molecule has 2 rings (SSSR count). The van der Waals surface area contributed by atoms with Crippen molar-refractivity contribution >= 4 is 27.6 Å². The lowest BCUT2D eigenvalue weighted by Crippen LogP contribution is -2.41. The van der Waals surface area contributed by atoms with E-state index < -0.39 is 61.7 Å². The highest BCUT2D eigenvalue weighted by atomic mass is 35.5. The molecule has 2 aromatic rings. The number of rotatable bonds is 5. The molecular weight excluding hydrogens is 446 g/mol. The lowest BCUT2D eigenvalue weighted by Gasteiger charge is -2.16. The van der Waals surface area contributed by atoms with E-state index in [9.17, 15) is 35.6 Å². The molecule has 0 bridgehead atoms. The summed E-state index contributed by atoms with van der Waals surface area (Å²) in [6, 6.07) is 1.39. The van der Waals surface area contributed by atoms with Crippen LogP contribution in [0.1, 0.15) is 19.5 Å². The fraction of sp³-hybridized carbons (Fsp3) is 0.333. The molecule has 14 heteroatoms. The molecule has 0 fully saturated rings. The number of nitrogens with one attached hydrogen (secondary N) is 1. The SMILES string of the molecule is CC(C)OS(=O)(=O)Nc1cc(-n2c(=O)cc(C(F)(F)F)n(C)c2=O)c(F)cc1Cl. The van der Waals surface area contributed by atoms with Crippen molar-refractivity contribution in [2.24, 2.45) is 7.05 Å². The Morgan fingerprint density at radius 1 is 1.17 bits per heavy atom. The van der Waals surface area contributed by atoms with E-state index in [1.165, 1.54) is 13.8 Å². The van der Waals surface area contributed by atoms with E-state index in [2.05, 4.69) is 4.18 Å². The van der Waals surface area contributed by atoms with Crippen molar-refractivity contribution in [1.82, 2.24) is 9.13 Å². The molecule has 0 saturated heterocycles. The number of benzene rings is 1. The molecule has 29 heavy (non-hydrogen) atoms. The Morgan fingerprint density at radius 3 is 2.28 bits per heavy atom. The molecule has 1 heterocycles. The van der Waals surface area contributed by atoms with Gasteiger partial charge in [0.25, 0.3) is 5.56 Å². The monoisotopic (exact) mass is 459 g/mol. The summed E-state index contributed by atoms with van der Waals surface area (Å²) < 4.78 is 83.7. The standard InChI is InChI=1S/C15H14ClF4N3O5S/c1-7(2)28-29(26,27)21-10-5-11(9(17)4-8(10)16)23-13(24)6-12(15(18,19)20)22(3)14(23)25/h4-7,21H,1-3H3. The molecule has 0 unspecified atom stereocenters. The first-order valence-electron chi connectivity index (χ1n) is 7.74. The van der Waals surface area contributed by atoms with Crippen LogP contribution in [0.3, 0.4) is 0 Å². The molecule has 1 aromatic heterocycles. The molecule has 0 saturated carbocycles. The molecule has 160 valence electrons. The summed E-state index contributed by atoms with van der Waals surface area (Å²) >= 11 is 5.79. The summed E-state index contributed by atoms with van der Waals surface area (Å²) in [5, 5.41) is -0.445. The first kappa shape index (κ1) is 22.9. The van der Waals surface area contributed by atoms with Crippen LogP contribution in [0.5, 0.6) is 0 Å². The zero-order valence-corrected chi connectivity index (χ0v) is 16.6. The Bertz CT molecular complexity index is 1170. The molecule has 0 radical (unpaired) electrons. The Kier molecular flexibility index (Phi) is 6.16. The second kappa shape index (κ2) is 7.80. The highest BCUT2D eigenvalue weighted by molar-refractivity contribution is 7.88. The van der Waals surface area contributed by atoms with Gasteiger partial charge >= 0.3 is 22.2 Å². The van der Waals surface area contributed by atoms with E-state index in [0.717, 1.165) is 7.05 Å². The number of alkyl halides is 3. The molecule has 8 nitrogen and oxygen atoms in total. The smallest absolute Gasteiger partial charge is 0.292 e. The average molecular weight is 460 g/mol. The topological polar surface area (TPSA) is 99.4 Å². The van der Waals surface area contributed by atoms with Gasteiger partial charge in [-0.05, 0) is 26.0 Å². The molecule has 0 atom stereocenters. The van der Waals surface area contributed by atoms with Crippen molar-refractivity contribution in [3.8, 4) is 5.69 Å². The molecular formula is C15H14ClF4N3O5S. The summed E-state index contributed by atoms with van der Waals surface area (Å²) in [5.74, 6) is -1.25. The second-order valence-corrected chi connectivity index (χ2v) is 7.74. The minimum atomic E-state index is -5.00. The van der Waals surface area contributed by atoms with Gasteiger partial charge in [0.15, 0.2) is 0 Å². The van der Waals surface area contributed by atoms with Gasteiger partial charge in [-0.15, -0.1) is 0 Å². The fourth-order valence-corrected chi connectivity index (χ4v) is 3.57. The minimum Gasteiger partial charge on any atom is -0.292 e. The molecule has 0 aliphatic heterocycles. The number of hydrogen-bond donors (Lipinski definition) is 1. The summed E-state index contributed by atoms with van der Waals surface area (Å²) in [6.45, 7) is 2.84. The predicted molar refractivity (Wildman–Crippen MR) is 96.0 cm³/mol. The first-order valence-corrected chi connectivity index (χ1v) is 9.53. The van der Waals surface area contributed by atoms with E-state index in [1.54, 1.807) is 0 Å². The fourth-order valence-electron chi connectivity index (χ4n) is 2.32.